The highest BCUT2D eigenvalue weighted by molar-refractivity contribution is 5.32. The molecule has 2 rings (SSSR count). The number of aliphatic hydroxyl groups excluding tert-OH is 2. The highest BCUT2D eigenvalue weighted by Crippen LogP contribution is 2.23. The van der Waals surface area contributed by atoms with E-state index in [-0.39, 0.29) is 18.3 Å². The van der Waals surface area contributed by atoms with Crippen molar-refractivity contribution in [3.8, 4) is 6.07 Å². The maximum Gasteiger partial charge on any atom is 0.0991 e. The van der Waals surface area contributed by atoms with E-state index < -0.39 is 6.10 Å². The molecule has 2 unspecified atom stereocenters. The molecule has 0 aliphatic carbocycles. The lowest BCUT2D eigenvalue weighted by Gasteiger charge is -2.42. The van der Waals surface area contributed by atoms with Gasteiger partial charge in [0.15, 0.2) is 0 Å². The molecular formula is C16H22N2O3. The van der Waals surface area contributed by atoms with Crippen molar-refractivity contribution in [2.75, 3.05) is 26.2 Å². The number of rotatable bonds is 4. The Labute approximate surface area is 125 Å². The fraction of sp³-hybridized carbons (Fsp3) is 0.562. The van der Waals surface area contributed by atoms with Crippen molar-refractivity contribution in [1.82, 2.24) is 4.90 Å². The van der Waals surface area contributed by atoms with Crippen LogP contribution in [0.3, 0.4) is 0 Å². The molecule has 5 nitrogen and oxygen atoms in total. The Hall–Kier alpha value is -1.45. The van der Waals surface area contributed by atoms with Crippen LogP contribution in [0.2, 0.25) is 0 Å². The van der Waals surface area contributed by atoms with Gasteiger partial charge in [-0.3, -0.25) is 4.90 Å². The van der Waals surface area contributed by atoms with Crippen molar-refractivity contribution in [1.29, 1.82) is 5.26 Å². The summed E-state index contributed by atoms with van der Waals surface area (Å²) in [6.07, 6.45) is -0.840. The molecule has 5 heteroatoms. The van der Waals surface area contributed by atoms with Crippen LogP contribution in [0.25, 0.3) is 0 Å². The van der Waals surface area contributed by atoms with E-state index in [1.165, 1.54) is 0 Å². The summed E-state index contributed by atoms with van der Waals surface area (Å²) < 4.78 is 5.76. The first kappa shape index (κ1) is 15.9. The number of benzene rings is 1. The molecular weight excluding hydrogens is 268 g/mol. The minimum Gasteiger partial charge on any atom is -0.394 e. The molecule has 0 amide bonds. The third kappa shape index (κ3) is 4.26. The van der Waals surface area contributed by atoms with Gasteiger partial charge in [-0.2, -0.15) is 5.26 Å². The van der Waals surface area contributed by atoms with Gasteiger partial charge in [0.2, 0.25) is 0 Å². The van der Waals surface area contributed by atoms with Gasteiger partial charge < -0.3 is 14.9 Å². The van der Waals surface area contributed by atoms with Gasteiger partial charge >= 0.3 is 0 Å². The molecule has 0 saturated carbocycles. The van der Waals surface area contributed by atoms with Gasteiger partial charge in [0.25, 0.3) is 0 Å². The lowest BCUT2D eigenvalue weighted by atomic mass is 10.0. The van der Waals surface area contributed by atoms with Gasteiger partial charge in [-0.05, 0) is 31.5 Å². The van der Waals surface area contributed by atoms with Gasteiger partial charge in [0.1, 0.15) is 0 Å². The van der Waals surface area contributed by atoms with Crippen LogP contribution in [0.4, 0.5) is 0 Å². The average molecular weight is 290 g/mol. The first-order valence-corrected chi connectivity index (χ1v) is 7.12. The van der Waals surface area contributed by atoms with Crippen LogP contribution in [0.1, 0.15) is 31.1 Å². The third-order valence-corrected chi connectivity index (χ3v) is 3.61. The van der Waals surface area contributed by atoms with Crippen molar-refractivity contribution in [2.45, 2.75) is 31.7 Å². The summed E-state index contributed by atoms with van der Waals surface area (Å²) in [6.45, 7) is 5.73. The van der Waals surface area contributed by atoms with E-state index in [4.69, 9.17) is 10.00 Å². The summed E-state index contributed by atoms with van der Waals surface area (Å²) in [5.74, 6) is 0. The number of aliphatic hydroxyl groups is 2. The maximum atomic E-state index is 10.3. The molecule has 1 aliphatic heterocycles. The number of hydrogen-bond acceptors (Lipinski definition) is 5. The van der Waals surface area contributed by atoms with Crippen LogP contribution < -0.4 is 0 Å². The second-order valence-electron chi connectivity index (χ2n) is 6.13. The molecule has 2 atom stereocenters. The molecule has 0 radical (unpaired) electrons. The van der Waals surface area contributed by atoms with Crippen LogP contribution in [-0.4, -0.2) is 53.1 Å². The quantitative estimate of drug-likeness (QED) is 0.867. The molecule has 1 saturated heterocycles. The van der Waals surface area contributed by atoms with Gasteiger partial charge in [-0.15, -0.1) is 0 Å². The monoisotopic (exact) mass is 290 g/mol. The molecule has 1 aliphatic rings. The van der Waals surface area contributed by atoms with Gasteiger partial charge in [0.05, 0.1) is 36.0 Å². The highest BCUT2D eigenvalue weighted by Gasteiger charge is 2.33. The van der Waals surface area contributed by atoms with Crippen LogP contribution >= 0.6 is 0 Å². The Kier molecular flexibility index (Phi) is 4.96. The molecule has 1 fully saturated rings. The third-order valence-electron chi connectivity index (χ3n) is 3.61. The largest absolute Gasteiger partial charge is 0.394 e. The highest BCUT2D eigenvalue weighted by atomic mass is 16.5. The molecule has 21 heavy (non-hydrogen) atoms. The molecule has 1 aromatic carbocycles. The Balaban J connectivity index is 2.00. The van der Waals surface area contributed by atoms with Crippen molar-refractivity contribution in [3.05, 3.63) is 35.4 Å². The maximum absolute atomic E-state index is 10.3. The molecule has 1 aromatic rings. The van der Waals surface area contributed by atoms with Crippen LogP contribution in [0.15, 0.2) is 24.3 Å². The number of β-amino-alcohol motifs (C(OH)–C–C–N with tert-alkyl or cyclic N) is 1. The van der Waals surface area contributed by atoms with Crippen molar-refractivity contribution in [3.63, 3.8) is 0 Å². The van der Waals surface area contributed by atoms with Crippen LogP contribution in [0.5, 0.6) is 0 Å². The van der Waals surface area contributed by atoms with Crippen LogP contribution in [-0.2, 0) is 4.74 Å². The van der Waals surface area contributed by atoms with Crippen molar-refractivity contribution < 1.29 is 14.9 Å². The molecule has 0 bridgehead atoms. The minimum absolute atomic E-state index is 0.0209. The van der Waals surface area contributed by atoms with E-state index in [9.17, 15) is 10.2 Å². The van der Waals surface area contributed by atoms with Crippen molar-refractivity contribution >= 4 is 0 Å². The first-order valence-electron chi connectivity index (χ1n) is 7.12. The van der Waals surface area contributed by atoms with E-state index in [2.05, 4.69) is 11.0 Å². The molecule has 1 heterocycles. The average Bonchev–Trinajstić information content (AvgIpc) is 2.45. The number of nitriles is 1. The fourth-order valence-electron chi connectivity index (χ4n) is 2.78. The summed E-state index contributed by atoms with van der Waals surface area (Å²) in [5, 5.41) is 28.4. The van der Waals surface area contributed by atoms with Crippen LogP contribution in [0, 0.1) is 11.3 Å². The predicted octanol–water partition coefficient (Wildman–Crippen LogP) is 1.06. The molecule has 0 aromatic heterocycles. The smallest absolute Gasteiger partial charge is 0.0991 e. The van der Waals surface area contributed by atoms with Gasteiger partial charge in [-0.25, -0.2) is 0 Å². The Morgan fingerprint density at radius 1 is 1.43 bits per heavy atom. The fourth-order valence-corrected chi connectivity index (χ4v) is 2.78. The number of morpholine rings is 1. The molecule has 0 spiro atoms. The second-order valence-corrected chi connectivity index (χ2v) is 6.13. The summed E-state index contributed by atoms with van der Waals surface area (Å²) >= 11 is 0. The van der Waals surface area contributed by atoms with E-state index in [1.54, 1.807) is 24.3 Å². The van der Waals surface area contributed by atoms with Crippen molar-refractivity contribution in [2.24, 2.45) is 0 Å². The molecule has 2 N–H and O–H groups in total. The predicted molar refractivity (Wildman–Crippen MR) is 78.6 cm³/mol. The minimum atomic E-state index is -0.619. The summed E-state index contributed by atoms with van der Waals surface area (Å²) in [6, 6.07) is 9.03. The number of ether oxygens (including phenoxy) is 1. The lowest BCUT2D eigenvalue weighted by Crippen LogP contribution is -2.54. The topological polar surface area (TPSA) is 76.7 Å². The van der Waals surface area contributed by atoms with E-state index in [1.807, 2.05) is 13.8 Å². The zero-order valence-electron chi connectivity index (χ0n) is 12.5. The zero-order valence-corrected chi connectivity index (χ0v) is 12.5. The van der Waals surface area contributed by atoms with E-state index in [0.717, 1.165) is 5.56 Å². The Morgan fingerprint density at radius 2 is 2.10 bits per heavy atom. The number of nitrogens with zero attached hydrogens (tertiary/aromatic N) is 2. The molecule has 114 valence electrons. The van der Waals surface area contributed by atoms with Gasteiger partial charge in [0, 0.05) is 19.6 Å². The summed E-state index contributed by atoms with van der Waals surface area (Å²) in [5.41, 5.74) is 1.04. The van der Waals surface area contributed by atoms with E-state index >= 15 is 0 Å². The normalized spacial score (nSPS) is 23.5. The summed E-state index contributed by atoms with van der Waals surface area (Å²) in [7, 11) is 0. The Morgan fingerprint density at radius 3 is 2.67 bits per heavy atom. The Bertz CT molecular complexity index is 507. The SMILES string of the molecule is CC1(C)CN(CC(O)c2ccc(C#N)cc2)CC(CO)O1. The number of hydrogen-bond donors (Lipinski definition) is 2. The standard InChI is InChI=1S/C16H22N2O3/c1-16(2)11-18(8-14(10-19)21-16)9-15(20)13-5-3-12(7-17)4-6-13/h3-6,14-15,19-20H,8-11H2,1-2H3. The van der Waals surface area contributed by atoms with E-state index in [0.29, 0.717) is 25.2 Å². The lowest BCUT2D eigenvalue weighted by molar-refractivity contribution is -0.153. The first-order chi connectivity index (χ1) is 9.93. The van der Waals surface area contributed by atoms with Gasteiger partial charge in [-0.1, -0.05) is 12.1 Å². The summed E-state index contributed by atoms with van der Waals surface area (Å²) in [4.78, 5) is 2.10. The second kappa shape index (κ2) is 6.54. The zero-order chi connectivity index (χ0) is 15.5.